The number of halogens is 1. The van der Waals surface area contributed by atoms with Gasteiger partial charge in [0.05, 0.1) is 7.11 Å². The van der Waals surface area contributed by atoms with Crippen LogP contribution in [0.5, 0.6) is 5.75 Å². The third-order valence-electron chi connectivity index (χ3n) is 1.86. The first kappa shape index (κ1) is 10.4. The van der Waals surface area contributed by atoms with Gasteiger partial charge in [0.15, 0.2) is 0 Å². The molecule has 72 valence electrons. The highest BCUT2D eigenvalue weighted by atomic mass is 35.5. The maximum absolute atomic E-state index is 5.88. The van der Waals surface area contributed by atoms with E-state index >= 15 is 0 Å². The molecule has 0 spiro atoms. The summed E-state index contributed by atoms with van der Waals surface area (Å²) in [4.78, 5) is 0. The second-order valence-electron chi connectivity index (χ2n) is 2.79. The minimum atomic E-state index is 0.766. The lowest BCUT2D eigenvalue weighted by Gasteiger charge is -2.10. The minimum absolute atomic E-state index is 0.766. The fourth-order valence-electron chi connectivity index (χ4n) is 1.04. The summed E-state index contributed by atoms with van der Waals surface area (Å²) in [6, 6.07) is 7.92. The molecule has 0 aliphatic rings. The van der Waals surface area contributed by atoms with Crippen LogP contribution in [0.25, 0.3) is 0 Å². The zero-order valence-electron chi connectivity index (χ0n) is 7.96. The third kappa shape index (κ3) is 3.25. The van der Waals surface area contributed by atoms with Crippen molar-refractivity contribution in [2.24, 2.45) is 0 Å². The third-order valence-corrected chi connectivity index (χ3v) is 2.21. The average molecular weight is 200 g/mol. The number of ether oxygens (including phenoxy) is 1. The van der Waals surface area contributed by atoms with E-state index in [2.05, 4.69) is 0 Å². The molecule has 13 heavy (non-hydrogen) atoms. The molecule has 3 heteroatoms. The number of hydrogen-bond acceptors (Lipinski definition) is 2. The summed E-state index contributed by atoms with van der Waals surface area (Å²) in [5.74, 6) is 0.876. The van der Waals surface area contributed by atoms with E-state index in [1.165, 1.54) is 5.56 Å². The standard InChI is InChI=1S/C10H14ClNO/c1-3-12(11)8-9-4-6-10(13-2)7-5-9/h4-7H,3,8H2,1-2H3. The van der Waals surface area contributed by atoms with Crippen LogP contribution < -0.4 is 4.74 Å². The number of nitrogens with zero attached hydrogens (tertiary/aromatic N) is 1. The molecule has 2 nitrogen and oxygen atoms in total. The zero-order valence-corrected chi connectivity index (χ0v) is 8.71. The zero-order chi connectivity index (χ0) is 9.68. The van der Waals surface area contributed by atoms with Gasteiger partial charge in [-0.25, -0.2) is 4.42 Å². The monoisotopic (exact) mass is 199 g/mol. The van der Waals surface area contributed by atoms with Crippen molar-refractivity contribution >= 4 is 11.8 Å². The highest BCUT2D eigenvalue weighted by Gasteiger charge is 1.99. The molecule has 0 heterocycles. The first-order chi connectivity index (χ1) is 6.26. The average Bonchev–Trinajstić information content (AvgIpc) is 2.19. The highest BCUT2D eigenvalue weighted by molar-refractivity contribution is 6.13. The maximum Gasteiger partial charge on any atom is 0.118 e. The van der Waals surface area contributed by atoms with Crippen LogP contribution in [0, 0.1) is 0 Å². The SMILES string of the molecule is CCN(Cl)Cc1ccc(OC)cc1. The molecule has 1 aromatic carbocycles. The Bertz CT molecular complexity index is 248. The number of rotatable bonds is 4. The summed E-state index contributed by atoms with van der Waals surface area (Å²) in [5.41, 5.74) is 1.19. The molecule has 1 aromatic rings. The van der Waals surface area contributed by atoms with Crippen molar-refractivity contribution in [1.29, 1.82) is 0 Å². The van der Waals surface area contributed by atoms with E-state index in [1.54, 1.807) is 11.5 Å². The predicted molar refractivity (Wildman–Crippen MR) is 54.9 cm³/mol. The molecule has 1 rings (SSSR count). The van der Waals surface area contributed by atoms with E-state index in [4.69, 9.17) is 16.5 Å². The summed E-state index contributed by atoms with van der Waals surface area (Å²) in [5, 5.41) is 0. The van der Waals surface area contributed by atoms with Gasteiger partial charge in [-0.05, 0) is 29.5 Å². The van der Waals surface area contributed by atoms with E-state index in [1.807, 2.05) is 31.2 Å². The van der Waals surface area contributed by atoms with Crippen LogP contribution in [0.4, 0.5) is 0 Å². The summed E-state index contributed by atoms with van der Waals surface area (Å²) >= 11 is 5.88. The topological polar surface area (TPSA) is 12.5 Å². The predicted octanol–water partition coefficient (Wildman–Crippen LogP) is 2.67. The largest absolute Gasteiger partial charge is 0.497 e. The molecule has 0 N–H and O–H groups in total. The van der Waals surface area contributed by atoms with Gasteiger partial charge in [-0.1, -0.05) is 19.1 Å². The quantitative estimate of drug-likeness (QED) is 0.692. The number of hydrogen-bond donors (Lipinski definition) is 0. The van der Waals surface area contributed by atoms with Gasteiger partial charge < -0.3 is 4.74 Å². The van der Waals surface area contributed by atoms with Crippen LogP contribution in [-0.4, -0.2) is 18.1 Å². The fourth-order valence-corrected chi connectivity index (χ4v) is 1.18. The van der Waals surface area contributed by atoms with Gasteiger partial charge in [0, 0.05) is 13.1 Å². The maximum atomic E-state index is 5.88. The van der Waals surface area contributed by atoms with E-state index < -0.39 is 0 Å². The second kappa shape index (κ2) is 5.10. The summed E-state index contributed by atoms with van der Waals surface area (Å²) in [6.45, 7) is 3.63. The summed E-state index contributed by atoms with van der Waals surface area (Å²) in [6.07, 6.45) is 0. The van der Waals surface area contributed by atoms with Crippen LogP contribution in [0.2, 0.25) is 0 Å². The van der Waals surface area contributed by atoms with E-state index in [9.17, 15) is 0 Å². The fraction of sp³-hybridized carbons (Fsp3) is 0.400. The normalized spacial score (nSPS) is 10.5. The van der Waals surface area contributed by atoms with Gasteiger partial charge in [0.1, 0.15) is 5.75 Å². The van der Waals surface area contributed by atoms with Gasteiger partial charge in [-0.3, -0.25) is 0 Å². The molecule has 0 atom stereocenters. The molecule has 0 saturated carbocycles. The van der Waals surface area contributed by atoms with Crippen LogP contribution >= 0.6 is 11.8 Å². The van der Waals surface area contributed by atoms with Crippen LogP contribution in [0.1, 0.15) is 12.5 Å². The molecule has 0 aliphatic carbocycles. The van der Waals surface area contributed by atoms with Crippen LogP contribution in [0.3, 0.4) is 0 Å². The van der Waals surface area contributed by atoms with Crippen molar-refractivity contribution in [3.05, 3.63) is 29.8 Å². The first-order valence-electron chi connectivity index (χ1n) is 4.30. The van der Waals surface area contributed by atoms with E-state index in [0.717, 1.165) is 18.8 Å². The molecule has 0 aliphatic heterocycles. The molecule has 0 unspecified atom stereocenters. The molecule has 0 amide bonds. The minimum Gasteiger partial charge on any atom is -0.497 e. The molecule has 0 saturated heterocycles. The highest BCUT2D eigenvalue weighted by Crippen LogP contribution is 2.13. The van der Waals surface area contributed by atoms with E-state index in [-0.39, 0.29) is 0 Å². The molecule has 0 radical (unpaired) electrons. The Balaban J connectivity index is 2.58. The molecule has 0 fully saturated rings. The Labute approximate surface area is 84.2 Å². The Morgan fingerprint density at radius 1 is 1.31 bits per heavy atom. The van der Waals surface area contributed by atoms with Crippen LogP contribution in [0.15, 0.2) is 24.3 Å². The second-order valence-corrected chi connectivity index (χ2v) is 3.26. The summed E-state index contributed by atoms with van der Waals surface area (Å²) in [7, 11) is 1.66. The lowest BCUT2D eigenvalue weighted by Crippen LogP contribution is -2.10. The van der Waals surface area contributed by atoms with Gasteiger partial charge in [0.2, 0.25) is 0 Å². The van der Waals surface area contributed by atoms with Crippen molar-refractivity contribution in [1.82, 2.24) is 4.42 Å². The van der Waals surface area contributed by atoms with Gasteiger partial charge in [-0.15, -0.1) is 0 Å². The van der Waals surface area contributed by atoms with Crippen LogP contribution in [-0.2, 0) is 6.54 Å². The Hall–Kier alpha value is -0.730. The number of benzene rings is 1. The lowest BCUT2D eigenvalue weighted by atomic mass is 10.2. The smallest absolute Gasteiger partial charge is 0.118 e. The van der Waals surface area contributed by atoms with Crippen molar-refractivity contribution in [2.75, 3.05) is 13.7 Å². The van der Waals surface area contributed by atoms with Gasteiger partial charge >= 0.3 is 0 Å². The molecule has 0 bridgehead atoms. The Morgan fingerprint density at radius 3 is 2.38 bits per heavy atom. The van der Waals surface area contributed by atoms with Gasteiger partial charge in [0.25, 0.3) is 0 Å². The van der Waals surface area contributed by atoms with Crippen molar-refractivity contribution in [3.63, 3.8) is 0 Å². The Morgan fingerprint density at radius 2 is 1.92 bits per heavy atom. The van der Waals surface area contributed by atoms with Crippen molar-refractivity contribution < 1.29 is 4.74 Å². The lowest BCUT2D eigenvalue weighted by molar-refractivity contribution is 0.414. The van der Waals surface area contributed by atoms with E-state index in [0.29, 0.717) is 0 Å². The van der Waals surface area contributed by atoms with Crippen molar-refractivity contribution in [3.8, 4) is 5.75 Å². The molecule has 0 aromatic heterocycles. The first-order valence-corrected chi connectivity index (χ1v) is 4.63. The molecular formula is C10H14ClNO. The Kier molecular flexibility index (Phi) is 4.06. The van der Waals surface area contributed by atoms with Crippen molar-refractivity contribution in [2.45, 2.75) is 13.5 Å². The summed E-state index contributed by atoms with van der Waals surface area (Å²) < 4.78 is 6.79. The number of methoxy groups -OCH3 is 1. The van der Waals surface area contributed by atoms with Gasteiger partial charge in [-0.2, -0.15) is 0 Å². The molecular weight excluding hydrogens is 186 g/mol.